The SMILES string of the molecule is CCN1CCn2c(-c3ccccc3)cnc2C12CCN(C(=O)NCC(C)C)CC2.O=C(O)C(F)(F)F. The molecule has 2 aromatic rings. The zero-order chi connectivity index (χ0) is 26.5. The summed E-state index contributed by atoms with van der Waals surface area (Å²) in [5, 5.41) is 10.2. The largest absolute Gasteiger partial charge is 0.490 e. The van der Waals surface area contributed by atoms with Gasteiger partial charge in [-0.3, -0.25) is 4.90 Å². The summed E-state index contributed by atoms with van der Waals surface area (Å²) in [4.78, 5) is 30.9. The Morgan fingerprint density at radius 1 is 1.11 bits per heavy atom. The number of likely N-dealkylation sites (tertiary alicyclic amines) is 1. The zero-order valence-electron chi connectivity index (χ0n) is 20.9. The fraction of sp³-hybridized carbons (Fsp3) is 0.560. The number of carboxylic acids is 1. The van der Waals surface area contributed by atoms with Crippen LogP contribution >= 0.6 is 0 Å². The number of alkyl halides is 3. The number of urea groups is 1. The van der Waals surface area contributed by atoms with E-state index in [0.29, 0.717) is 5.92 Å². The molecule has 2 aliphatic rings. The van der Waals surface area contributed by atoms with Crippen LogP contribution in [0.25, 0.3) is 11.3 Å². The molecule has 1 saturated heterocycles. The highest BCUT2D eigenvalue weighted by atomic mass is 19.4. The van der Waals surface area contributed by atoms with Gasteiger partial charge in [-0.15, -0.1) is 0 Å². The lowest BCUT2D eigenvalue weighted by Crippen LogP contribution is -2.59. The van der Waals surface area contributed by atoms with Gasteiger partial charge in [0.15, 0.2) is 0 Å². The van der Waals surface area contributed by atoms with Crippen LogP contribution < -0.4 is 5.32 Å². The fourth-order valence-electron chi connectivity index (χ4n) is 4.87. The maximum atomic E-state index is 12.5. The van der Waals surface area contributed by atoms with Gasteiger partial charge in [0.25, 0.3) is 0 Å². The Balaban J connectivity index is 0.000000454. The highest BCUT2D eigenvalue weighted by molar-refractivity contribution is 5.74. The molecular weight excluding hydrogens is 475 g/mol. The maximum absolute atomic E-state index is 12.5. The Bertz CT molecular complexity index is 1030. The summed E-state index contributed by atoms with van der Waals surface area (Å²) in [6.07, 6.45) is -1.18. The third-order valence-corrected chi connectivity index (χ3v) is 6.70. The van der Waals surface area contributed by atoms with E-state index >= 15 is 0 Å². The van der Waals surface area contributed by atoms with Crippen LogP contribution in [0.2, 0.25) is 0 Å². The summed E-state index contributed by atoms with van der Waals surface area (Å²) in [5.41, 5.74) is 2.35. The van der Waals surface area contributed by atoms with Crippen LogP contribution in [0.15, 0.2) is 36.5 Å². The number of imidazole rings is 1. The number of aromatic nitrogens is 2. The molecule has 1 aromatic heterocycles. The van der Waals surface area contributed by atoms with Crippen molar-refractivity contribution in [1.29, 1.82) is 0 Å². The Hall–Kier alpha value is -3.08. The minimum absolute atomic E-state index is 0.0701. The predicted octanol–water partition coefficient (Wildman–Crippen LogP) is 4.18. The van der Waals surface area contributed by atoms with Crippen LogP contribution in [-0.2, 0) is 16.9 Å². The number of carbonyl (C=O) groups excluding carboxylic acids is 1. The quantitative estimate of drug-likeness (QED) is 0.646. The van der Waals surface area contributed by atoms with Crippen LogP contribution in [-0.4, -0.2) is 75.4 Å². The van der Waals surface area contributed by atoms with Crippen molar-refractivity contribution in [2.45, 2.75) is 51.9 Å². The standard InChI is InChI=1S/C23H33N5O.C2HF3O2/c1-4-27-14-15-28-20(19-8-6-5-7-9-19)17-24-21(28)23(27)10-12-26(13-11-23)22(29)25-16-18(2)3;3-2(4,5)1(6)7/h5-9,17-18H,4,10-16H2,1-3H3,(H,25,29);(H,6,7). The lowest BCUT2D eigenvalue weighted by Gasteiger charge is -2.50. The monoisotopic (exact) mass is 509 g/mol. The summed E-state index contributed by atoms with van der Waals surface area (Å²) in [7, 11) is 0. The summed E-state index contributed by atoms with van der Waals surface area (Å²) in [6, 6.07) is 10.6. The number of fused-ring (bicyclic) bond motifs is 2. The third-order valence-electron chi connectivity index (χ3n) is 6.70. The first-order valence-electron chi connectivity index (χ1n) is 12.2. The van der Waals surface area contributed by atoms with Gasteiger partial charge < -0.3 is 19.9 Å². The highest BCUT2D eigenvalue weighted by Crippen LogP contribution is 2.42. The summed E-state index contributed by atoms with van der Waals surface area (Å²) < 4.78 is 34.1. The van der Waals surface area contributed by atoms with Gasteiger partial charge in [0.2, 0.25) is 0 Å². The van der Waals surface area contributed by atoms with Crippen molar-refractivity contribution in [1.82, 2.24) is 24.7 Å². The van der Waals surface area contributed by atoms with Crippen LogP contribution in [0.3, 0.4) is 0 Å². The molecule has 0 bridgehead atoms. The molecule has 0 radical (unpaired) electrons. The van der Waals surface area contributed by atoms with Crippen molar-refractivity contribution >= 4 is 12.0 Å². The number of piperidine rings is 1. The number of benzene rings is 1. The zero-order valence-corrected chi connectivity index (χ0v) is 20.9. The molecule has 2 N–H and O–H groups in total. The van der Waals surface area contributed by atoms with E-state index in [4.69, 9.17) is 14.9 Å². The lowest BCUT2D eigenvalue weighted by atomic mass is 9.83. The van der Waals surface area contributed by atoms with E-state index in [2.05, 4.69) is 65.9 Å². The molecule has 11 heteroatoms. The van der Waals surface area contributed by atoms with Gasteiger partial charge >= 0.3 is 18.2 Å². The smallest absolute Gasteiger partial charge is 0.475 e. The maximum Gasteiger partial charge on any atom is 0.490 e. The third kappa shape index (κ3) is 6.00. The number of hydrogen-bond acceptors (Lipinski definition) is 4. The lowest BCUT2D eigenvalue weighted by molar-refractivity contribution is -0.192. The summed E-state index contributed by atoms with van der Waals surface area (Å²) in [5.74, 6) is -1.12. The van der Waals surface area contributed by atoms with Gasteiger partial charge in [-0.05, 0) is 30.9 Å². The molecule has 2 amide bonds. The molecule has 1 fully saturated rings. The van der Waals surface area contributed by atoms with Crippen LogP contribution in [0.4, 0.5) is 18.0 Å². The van der Waals surface area contributed by atoms with Crippen molar-refractivity contribution in [3.63, 3.8) is 0 Å². The number of amides is 2. The number of halogens is 3. The molecule has 198 valence electrons. The van der Waals surface area contributed by atoms with Gasteiger partial charge in [0, 0.05) is 32.7 Å². The Labute approximate surface area is 209 Å². The first-order chi connectivity index (χ1) is 17.0. The Morgan fingerprint density at radius 2 is 1.72 bits per heavy atom. The van der Waals surface area contributed by atoms with E-state index in [9.17, 15) is 18.0 Å². The van der Waals surface area contributed by atoms with Crippen molar-refractivity contribution in [2.75, 3.05) is 32.7 Å². The van der Waals surface area contributed by atoms with Gasteiger partial charge in [0.1, 0.15) is 5.82 Å². The van der Waals surface area contributed by atoms with Crippen molar-refractivity contribution in [2.24, 2.45) is 5.92 Å². The second kappa shape index (κ2) is 11.3. The normalized spacial score (nSPS) is 17.4. The predicted molar refractivity (Wildman–Crippen MR) is 129 cm³/mol. The molecule has 0 unspecified atom stereocenters. The topological polar surface area (TPSA) is 90.7 Å². The van der Waals surface area contributed by atoms with Crippen LogP contribution in [0.5, 0.6) is 0 Å². The Kier molecular flexibility index (Phi) is 8.65. The number of nitrogens with zero attached hydrogens (tertiary/aromatic N) is 4. The summed E-state index contributed by atoms with van der Waals surface area (Å²) >= 11 is 0. The second-order valence-electron chi connectivity index (χ2n) is 9.47. The number of aliphatic carboxylic acids is 1. The van der Waals surface area contributed by atoms with Gasteiger partial charge in [-0.25, -0.2) is 14.6 Å². The number of hydrogen-bond donors (Lipinski definition) is 2. The van der Waals surface area contributed by atoms with E-state index in [1.807, 2.05) is 11.1 Å². The van der Waals surface area contributed by atoms with Gasteiger partial charge in [-0.1, -0.05) is 51.1 Å². The molecule has 4 rings (SSSR count). The molecular formula is C25H34F3N5O3. The van der Waals surface area contributed by atoms with E-state index in [1.54, 1.807) is 0 Å². The van der Waals surface area contributed by atoms with Crippen LogP contribution in [0, 0.1) is 5.92 Å². The summed E-state index contributed by atoms with van der Waals surface area (Å²) in [6.45, 7) is 11.8. The molecule has 1 spiro atoms. The van der Waals surface area contributed by atoms with Crippen LogP contribution in [0.1, 0.15) is 39.4 Å². The van der Waals surface area contributed by atoms with E-state index in [-0.39, 0.29) is 11.6 Å². The fourth-order valence-corrected chi connectivity index (χ4v) is 4.87. The molecule has 2 aliphatic heterocycles. The molecule has 1 aromatic carbocycles. The van der Waals surface area contributed by atoms with Crippen molar-refractivity contribution in [3.8, 4) is 11.3 Å². The number of nitrogens with one attached hydrogen (secondary N) is 1. The van der Waals surface area contributed by atoms with Gasteiger partial charge in [0.05, 0.1) is 17.4 Å². The first-order valence-corrected chi connectivity index (χ1v) is 12.2. The van der Waals surface area contributed by atoms with E-state index in [1.165, 1.54) is 17.1 Å². The van der Waals surface area contributed by atoms with E-state index in [0.717, 1.165) is 52.1 Å². The van der Waals surface area contributed by atoms with E-state index < -0.39 is 12.1 Å². The molecule has 8 nitrogen and oxygen atoms in total. The number of carboxylic acid groups (broad SMARTS) is 1. The minimum atomic E-state index is -5.08. The molecule has 0 saturated carbocycles. The number of rotatable bonds is 4. The minimum Gasteiger partial charge on any atom is -0.475 e. The first kappa shape index (κ1) is 27.5. The molecule has 0 atom stereocenters. The molecule has 0 aliphatic carbocycles. The van der Waals surface area contributed by atoms with Crippen molar-refractivity contribution < 1.29 is 27.9 Å². The molecule has 3 heterocycles. The number of likely N-dealkylation sites (N-methyl/N-ethyl adjacent to an activating group) is 1. The highest BCUT2D eigenvalue weighted by Gasteiger charge is 2.47. The average Bonchev–Trinajstić information content (AvgIpc) is 3.29. The van der Waals surface area contributed by atoms with Crippen molar-refractivity contribution in [3.05, 3.63) is 42.4 Å². The molecule has 36 heavy (non-hydrogen) atoms. The van der Waals surface area contributed by atoms with Gasteiger partial charge in [-0.2, -0.15) is 13.2 Å². The number of carbonyl (C=O) groups is 2. The Morgan fingerprint density at radius 3 is 2.25 bits per heavy atom. The average molecular weight is 510 g/mol. The second-order valence-corrected chi connectivity index (χ2v) is 9.47.